The van der Waals surface area contributed by atoms with E-state index in [-0.39, 0.29) is 49.3 Å². The normalized spacial score (nSPS) is 14.8. The first-order valence-electron chi connectivity index (χ1n) is 9.77. The summed E-state index contributed by atoms with van der Waals surface area (Å²) in [5, 5.41) is 8.01. The van der Waals surface area contributed by atoms with Crippen molar-refractivity contribution in [3.8, 4) is 5.75 Å². The molecule has 0 bridgehead atoms. The number of hydrogen-bond acceptors (Lipinski definition) is 7. The summed E-state index contributed by atoms with van der Waals surface area (Å²) < 4.78 is 36.0. The number of carbonyl (C=O) groups is 3. The van der Waals surface area contributed by atoms with Crippen molar-refractivity contribution in [1.29, 1.82) is 0 Å². The maximum atomic E-state index is 13.0. The lowest BCUT2D eigenvalue weighted by molar-refractivity contribution is -0.125. The number of morpholine rings is 1. The maximum Gasteiger partial charge on any atom is 0.387 e. The molecule has 3 amide bonds. The van der Waals surface area contributed by atoms with Crippen molar-refractivity contribution in [3.05, 3.63) is 39.5 Å². The number of likely N-dealkylation sites (N-methyl/N-ethyl adjacent to an activating group) is 1. The number of rotatable bonds is 9. The highest BCUT2D eigenvalue weighted by Crippen LogP contribution is 2.33. The van der Waals surface area contributed by atoms with Gasteiger partial charge in [-0.3, -0.25) is 14.4 Å². The molecule has 3 N–H and O–H groups in total. The van der Waals surface area contributed by atoms with Gasteiger partial charge in [-0.05, 0) is 31.3 Å². The molecule has 1 aromatic heterocycles. The Morgan fingerprint density at radius 2 is 2.09 bits per heavy atom. The minimum Gasteiger partial charge on any atom is -0.433 e. The Morgan fingerprint density at radius 3 is 2.73 bits per heavy atom. The maximum absolute atomic E-state index is 13.0. The first kappa shape index (κ1) is 24.8. The first-order valence-corrected chi connectivity index (χ1v) is 11.0. The summed E-state index contributed by atoms with van der Waals surface area (Å²) in [5.74, 6) is -1.55. The van der Waals surface area contributed by atoms with Crippen molar-refractivity contribution in [2.24, 2.45) is 0 Å². The summed E-state index contributed by atoms with van der Waals surface area (Å²) in [6, 6.07) is 6.43. The number of hydrogen-bond donors (Lipinski definition) is 3. The summed E-state index contributed by atoms with van der Waals surface area (Å²) >= 11 is 6.93. The Morgan fingerprint density at radius 1 is 1.30 bits per heavy atom. The molecule has 0 saturated carbocycles. The van der Waals surface area contributed by atoms with Gasteiger partial charge in [-0.1, -0.05) is 11.6 Å². The van der Waals surface area contributed by atoms with Crippen LogP contribution >= 0.6 is 22.9 Å². The van der Waals surface area contributed by atoms with Crippen LogP contribution in [0.4, 0.5) is 20.2 Å². The summed E-state index contributed by atoms with van der Waals surface area (Å²) in [6.07, 6.45) is 0. The van der Waals surface area contributed by atoms with Crippen molar-refractivity contribution in [2.75, 3.05) is 43.6 Å². The second-order valence-corrected chi connectivity index (χ2v) is 8.52. The molecule has 1 aliphatic rings. The lowest BCUT2D eigenvalue weighted by Crippen LogP contribution is -2.47. The quantitative estimate of drug-likeness (QED) is 0.485. The molecule has 0 aliphatic carbocycles. The van der Waals surface area contributed by atoms with Crippen LogP contribution in [-0.2, 0) is 14.3 Å². The topological polar surface area (TPSA) is 109 Å². The number of amides is 3. The third-order valence-electron chi connectivity index (χ3n) is 4.65. The standard InChI is InChI=1S/C20H21ClF2N4O5S/c1-24-12(9-25-19(30)15-4-5-16(21)33-15)18(29)26-11-2-3-13(14(8-11)32-20(22)23)27-6-7-31-10-17(27)28/h2-5,8,12,20,24H,6-7,9-10H2,1H3,(H,25,30)(H,26,29)/t12-/m0/s1. The van der Waals surface area contributed by atoms with Gasteiger partial charge < -0.3 is 30.3 Å². The van der Waals surface area contributed by atoms with Crippen LogP contribution in [0.3, 0.4) is 0 Å². The number of nitrogens with one attached hydrogen (secondary N) is 3. The van der Waals surface area contributed by atoms with E-state index in [1.807, 2.05) is 0 Å². The van der Waals surface area contributed by atoms with Crippen LogP contribution in [0.25, 0.3) is 0 Å². The molecule has 9 nitrogen and oxygen atoms in total. The van der Waals surface area contributed by atoms with Gasteiger partial charge in [0.1, 0.15) is 12.6 Å². The van der Waals surface area contributed by atoms with E-state index in [1.165, 1.54) is 30.1 Å². The summed E-state index contributed by atoms with van der Waals surface area (Å²) in [7, 11) is 1.54. The van der Waals surface area contributed by atoms with Crippen LogP contribution in [0.5, 0.6) is 5.75 Å². The lowest BCUT2D eigenvalue weighted by atomic mass is 10.2. The fourth-order valence-electron chi connectivity index (χ4n) is 3.05. The highest BCUT2D eigenvalue weighted by molar-refractivity contribution is 7.18. The van der Waals surface area contributed by atoms with Crippen LogP contribution in [0.2, 0.25) is 4.34 Å². The number of halogens is 3. The van der Waals surface area contributed by atoms with Crippen molar-refractivity contribution >= 4 is 52.0 Å². The predicted octanol–water partition coefficient (Wildman–Crippen LogP) is 2.32. The Hall–Kier alpha value is -2.80. The van der Waals surface area contributed by atoms with E-state index in [0.29, 0.717) is 9.21 Å². The average molecular weight is 503 g/mol. The zero-order valence-corrected chi connectivity index (χ0v) is 19.0. The smallest absolute Gasteiger partial charge is 0.387 e. The van der Waals surface area contributed by atoms with Crippen LogP contribution in [0, 0.1) is 0 Å². The van der Waals surface area contributed by atoms with Crippen LogP contribution in [-0.4, -0.2) is 63.7 Å². The second kappa shape index (κ2) is 11.4. The molecule has 1 saturated heterocycles. The Labute approximate surface area is 197 Å². The molecule has 13 heteroatoms. The first-order chi connectivity index (χ1) is 15.8. The van der Waals surface area contributed by atoms with Crippen molar-refractivity contribution in [3.63, 3.8) is 0 Å². The Kier molecular flexibility index (Phi) is 8.55. The minimum atomic E-state index is -3.13. The van der Waals surface area contributed by atoms with Crippen LogP contribution in [0.1, 0.15) is 9.67 Å². The molecule has 33 heavy (non-hydrogen) atoms. The minimum absolute atomic E-state index is 0.0303. The van der Waals surface area contributed by atoms with Crippen LogP contribution in [0.15, 0.2) is 30.3 Å². The molecule has 0 unspecified atom stereocenters. The van der Waals surface area contributed by atoms with E-state index in [4.69, 9.17) is 16.3 Å². The number of thiophene rings is 1. The third kappa shape index (κ3) is 6.60. The molecule has 1 aromatic carbocycles. The summed E-state index contributed by atoms with van der Waals surface area (Å²) in [5.41, 5.74) is 0.324. The number of ether oxygens (including phenoxy) is 2. The number of carbonyl (C=O) groups excluding carboxylic acids is 3. The van der Waals surface area contributed by atoms with E-state index in [0.717, 1.165) is 11.3 Å². The number of anilines is 2. The fraction of sp³-hybridized carbons (Fsp3) is 0.350. The molecule has 1 fully saturated rings. The van der Waals surface area contributed by atoms with Gasteiger partial charge in [0.2, 0.25) is 5.91 Å². The molecule has 2 heterocycles. The van der Waals surface area contributed by atoms with Gasteiger partial charge in [-0.25, -0.2) is 0 Å². The zero-order valence-electron chi connectivity index (χ0n) is 17.4. The van der Waals surface area contributed by atoms with E-state index in [9.17, 15) is 23.2 Å². The number of nitrogens with zero attached hydrogens (tertiary/aromatic N) is 1. The lowest BCUT2D eigenvalue weighted by Gasteiger charge is -2.28. The highest BCUT2D eigenvalue weighted by atomic mass is 35.5. The van der Waals surface area contributed by atoms with Gasteiger partial charge in [-0.2, -0.15) is 8.78 Å². The van der Waals surface area contributed by atoms with Gasteiger partial charge in [0.15, 0.2) is 5.75 Å². The molecule has 2 aromatic rings. The van der Waals surface area contributed by atoms with Gasteiger partial charge in [-0.15, -0.1) is 11.3 Å². The highest BCUT2D eigenvalue weighted by Gasteiger charge is 2.25. The molecule has 0 spiro atoms. The van der Waals surface area contributed by atoms with Crippen LogP contribution < -0.4 is 25.6 Å². The largest absolute Gasteiger partial charge is 0.433 e. The number of alkyl halides is 2. The van der Waals surface area contributed by atoms with E-state index in [2.05, 4.69) is 20.7 Å². The van der Waals surface area contributed by atoms with Gasteiger partial charge >= 0.3 is 6.61 Å². The van der Waals surface area contributed by atoms with Crippen molar-refractivity contribution in [2.45, 2.75) is 12.7 Å². The monoisotopic (exact) mass is 502 g/mol. The molecular formula is C20H21ClF2N4O5S. The predicted molar refractivity (Wildman–Crippen MR) is 119 cm³/mol. The zero-order chi connectivity index (χ0) is 24.0. The molecule has 1 atom stereocenters. The van der Waals surface area contributed by atoms with E-state index < -0.39 is 24.5 Å². The molecular weight excluding hydrogens is 482 g/mol. The van der Waals surface area contributed by atoms with Gasteiger partial charge in [0, 0.05) is 24.8 Å². The summed E-state index contributed by atoms with van der Waals surface area (Å²) in [6.45, 7) is -2.89. The van der Waals surface area contributed by atoms with Crippen molar-refractivity contribution in [1.82, 2.24) is 10.6 Å². The molecule has 0 radical (unpaired) electrons. The van der Waals surface area contributed by atoms with Crippen molar-refractivity contribution < 1.29 is 32.6 Å². The van der Waals surface area contributed by atoms with E-state index in [1.54, 1.807) is 12.1 Å². The van der Waals surface area contributed by atoms with Gasteiger partial charge in [0.05, 0.1) is 21.5 Å². The number of benzene rings is 1. The molecule has 1 aliphatic heterocycles. The average Bonchev–Trinajstić information content (AvgIpc) is 3.21. The SMILES string of the molecule is CN[C@@H](CNC(=O)c1ccc(Cl)s1)C(=O)Nc1ccc(N2CCOCC2=O)c(OC(F)F)c1. The van der Waals surface area contributed by atoms with E-state index >= 15 is 0 Å². The third-order valence-corrected chi connectivity index (χ3v) is 5.88. The Balaban J connectivity index is 1.69. The fourth-order valence-corrected chi connectivity index (χ4v) is 4.01. The van der Waals surface area contributed by atoms with Gasteiger partial charge in [0.25, 0.3) is 11.8 Å². The molecule has 178 valence electrons. The molecule has 3 rings (SSSR count). The second-order valence-electron chi connectivity index (χ2n) is 6.80. The summed E-state index contributed by atoms with van der Waals surface area (Å²) in [4.78, 5) is 38.6. The Bertz CT molecular complexity index is 1020.